The molecule has 1 aromatic carbocycles. The molecule has 0 bridgehead atoms. The van der Waals surface area contributed by atoms with E-state index in [1.807, 2.05) is 6.92 Å². The van der Waals surface area contributed by atoms with Crippen molar-refractivity contribution in [2.75, 3.05) is 0 Å². The number of carboxylic acids is 1. The van der Waals surface area contributed by atoms with E-state index in [9.17, 15) is 14.7 Å². The highest BCUT2D eigenvalue weighted by molar-refractivity contribution is 6.31. The highest BCUT2D eigenvalue weighted by Crippen LogP contribution is 2.22. The molecule has 2 aromatic rings. The number of hydrogen-bond donors (Lipinski definition) is 1. The zero-order valence-electron chi connectivity index (χ0n) is 10.5. The van der Waals surface area contributed by atoms with Crippen molar-refractivity contribution in [1.29, 1.82) is 0 Å². The molecule has 4 nitrogen and oxygen atoms in total. The predicted molar refractivity (Wildman–Crippen MR) is 72.5 cm³/mol. The maximum atomic E-state index is 11.4. The predicted octanol–water partition coefficient (Wildman–Crippen LogP) is 3.34. The summed E-state index contributed by atoms with van der Waals surface area (Å²) in [6.45, 7) is 3.26. The Balaban J connectivity index is 2.62. The number of hydrogen-bond acceptors (Lipinski definition) is 2. The first-order valence-corrected chi connectivity index (χ1v) is 6.01. The Kier molecular flexibility index (Phi) is 3.44. The molecule has 0 radical (unpaired) electrons. The molecule has 1 heterocycles. The van der Waals surface area contributed by atoms with Gasteiger partial charge in [0.25, 0.3) is 0 Å². The molecule has 0 atom stereocenters. The lowest BCUT2D eigenvalue weighted by Crippen LogP contribution is -2.05. The van der Waals surface area contributed by atoms with Gasteiger partial charge in [0.15, 0.2) is 5.78 Å². The Morgan fingerprint density at radius 2 is 1.95 bits per heavy atom. The van der Waals surface area contributed by atoms with Gasteiger partial charge in [-0.25, -0.2) is 4.79 Å². The van der Waals surface area contributed by atoms with Crippen LogP contribution in [-0.2, 0) is 0 Å². The fourth-order valence-electron chi connectivity index (χ4n) is 1.77. The van der Waals surface area contributed by atoms with E-state index in [1.165, 1.54) is 23.8 Å². The molecule has 0 saturated heterocycles. The third-order valence-electron chi connectivity index (χ3n) is 2.88. The van der Waals surface area contributed by atoms with Crippen molar-refractivity contribution in [3.8, 4) is 5.69 Å². The third kappa shape index (κ3) is 2.53. The Morgan fingerprint density at radius 1 is 1.26 bits per heavy atom. The minimum Gasteiger partial charge on any atom is -0.477 e. The Hall–Kier alpha value is -2.07. The molecule has 0 saturated carbocycles. The highest BCUT2D eigenvalue weighted by atomic mass is 35.5. The zero-order chi connectivity index (χ0) is 14.2. The Bertz CT molecular complexity index is 673. The molecule has 1 N–H and O–H groups in total. The van der Waals surface area contributed by atoms with Gasteiger partial charge in [0.2, 0.25) is 0 Å². The van der Waals surface area contributed by atoms with Gasteiger partial charge in [-0.1, -0.05) is 17.7 Å². The van der Waals surface area contributed by atoms with E-state index in [0.717, 1.165) is 5.56 Å². The van der Waals surface area contributed by atoms with Crippen LogP contribution in [0.25, 0.3) is 5.69 Å². The SMILES string of the molecule is CC(=O)c1cc(C(=O)O)n(-c2ccc(C)c(Cl)c2)c1. The molecule has 19 heavy (non-hydrogen) atoms. The molecule has 1 aromatic heterocycles. The molecule has 0 amide bonds. The maximum Gasteiger partial charge on any atom is 0.352 e. The average molecular weight is 278 g/mol. The largest absolute Gasteiger partial charge is 0.477 e. The molecule has 0 aliphatic rings. The first-order chi connectivity index (χ1) is 8.90. The topological polar surface area (TPSA) is 59.3 Å². The second kappa shape index (κ2) is 4.90. The van der Waals surface area contributed by atoms with E-state index in [4.69, 9.17) is 11.6 Å². The van der Waals surface area contributed by atoms with Crippen molar-refractivity contribution in [2.45, 2.75) is 13.8 Å². The minimum absolute atomic E-state index is 0.0325. The number of aromatic carboxylic acids is 1. The van der Waals surface area contributed by atoms with Gasteiger partial charge >= 0.3 is 5.97 Å². The monoisotopic (exact) mass is 277 g/mol. The summed E-state index contributed by atoms with van der Waals surface area (Å²) >= 11 is 6.04. The number of Topliss-reactive ketones (excluding diaryl/α,β-unsaturated/α-hetero) is 1. The van der Waals surface area contributed by atoms with E-state index < -0.39 is 5.97 Å². The summed E-state index contributed by atoms with van der Waals surface area (Å²) in [6, 6.07) is 6.60. The van der Waals surface area contributed by atoms with Crippen LogP contribution < -0.4 is 0 Å². The van der Waals surface area contributed by atoms with E-state index in [1.54, 1.807) is 18.2 Å². The molecule has 98 valence electrons. The fourth-order valence-corrected chi connectivity index (χ4v) is 1.94. The molecule has 2 rings (SSSR count). The van der Waals surface area contributed by atoms with Crippen LogP contribution in [0.4, 0.5) is 0 Å². The van der Waals surface area contributed by atoms with Gasteiger partial charge in [-0.2, -0.15) is 0 Å². The molecular weight excluding hydrogens is 266 g/mol. The van der Waals surface area contributed by atoms with Crippen LogP contribution in [0.15, 0.2) is 30.5 Å². The van der Waals surface area contributed by atoms with Gasteiger partial charge in [-0.05, 0) is 37.6 Å². The van der Waals surface area contributed by atoms with Crippen molar-refractivity contribution in [3.63, 3.8) is 0 Å². The van der Waals surface area contributed by atoms with Crippen LogP contribution in [-0.4, -0.2) is 21.4 Å². The summed E-state index contributed by atoms with van der Waals surface area (Å²) < 4.78 is 1.45. The quantitative estimate of drug-likeness (QED) is 0.875. The number of aryl methyl sites for hydroxylation is 1. The van der Waals surface area contributed by atoms with E-state index in [-0.39, 0.29) is 11.5 Å². The van der Waals surface area contributed by atoms with Crippen molar-refractivity contribution in [3.05, 3.63) is 52.3 Å². The number of ketones is 1. The maximum absolute atomic E-state index is 11.4. The molecule has 0 aliphatic heterocycles. The van der Waals surface area contributed by atoms with E-state index >= 15 is 0 Å². The number of carbonyl (C=O) groups excluding carboxylic acids is 1. The van der Waals surface area contributed by atoms with Crippen LogP contribution in [0.2, 0.25) is 5.02 Å². The summed E-state index contributed by atoms with van der Waals surface area (Å²) in [5, 5.41) is 9.73. The molecular formula is C14H12ClNO3. The zero-order valence-corrected chi connectivity index (χ0v) is 11.2. The first-order valence-electron chi connectivity index (χ1n) is 5.63. The van der Waals surface area contributed by atoms with Crippen molar-refractivity contribution in [2.24, 2.45) is 0 Å². The summed E-state index contributed by atoms with van der Waals surface area (Å²) in [5.74, 6) is -1.27. The first kappa shape index (κ1) is 13.4. The lowest BCUT2D eigenvalue weighted by molar-refractivity contribution is 0.0688. The van der Waals surface area contributed by atoms with Gasteiger partial charge in [0.1, 0.15) is 5.69 Å². The number of aromatic nitrogens is 1. The lowest BCUT2D eigenvalue weighted by Gasteiger charge is -2.07. The van der Waals surface area contributed by atoms with Gasteiger partial charge in [0, 0.05) is 22.5 Å². The average Bonchev–Trinajstić information content (AvgIpc) is 2.78. The van der Waals surface area contributed by atoms with E-state index in [0.29, 0.717) is 16.3 Å². The highest BCUT2D eigenvalue weighted by Gasteiger charge is 2.16. The molecule has 0 aliphatic carbocycles. The lowest BCUT2D eigenvalue weighted by atomic mass is 10.2. The molecule has 5 heteroatoms. The Labute approximate surface area is 115 Å². The van der Waals surface area contributed by atoms with Crippen molar-refractivity contribution in [1.82, 2.24) is 4.57 Å². The van der Waals surface area contributed by atoms with Crippen LogP contribution in [0, 0.1) is 6.92 Å². The number of carboxylic acid groups (broad SMARTS) is 1. The second-order valence-electron chi connectivity index (χ2n) is 4.28. The number of benzene rings is 1. The third-order valence-corrected chi connectivity index (χ3v) is 3.29. The minimum atomic E-state index is -1.09. The number of halogens is 1. The van der Waals surface area contributed by atoms with E-state index in [2.05, 4.69) is 0 Å². The standard InChI is InChI=1S/C14H12ClNO3/c1-8-3-4-11(6-12(8)15)16-7-10(9(2)17)5-13(16)14(18)19/h3-7H,1-2H3,(H,18,19). The summed E-state index contributed by atoms with van der Waals surface area (Å²) in [5.41, 5.74) is 1.90. The number of carbonyl (C=O) groups is 2. The second-order valence-corrected chi connectivity index (χ2v) is 4.69. The molecule has 0 unspecified atom stereocenters. The van der Waals surface area contributed by atoms with Crippen LogP contribution in [0.5, 0.6) is 0 Å². The van der Waals surface area contributed by atoms with Gasteiger partial charge in [-0.15, -0.1) is 0 Å². The van der Waals surface area contributed by atoms with Crippen LogP contribution >= 0.6 is 11.6 Å². The molecule has 0 spiro atoms. The summed E-state index contributed by atoms with van der Waals surface area (Å²) in [6.07, 6.45) is 1.51. The number of rotatable bonds is 3. The smallest absolute Gasteiger partial charge is 0.352 e. The van der Waals surface area contributed by atoms with Gasteiger partial charge in [-0.3, -0.25) is 4.79 Å². The van der Waals surface area contributed by atoms with Gasteiger partial charge in [0.05, 0.1) is 0 Å². The Morgan fingerprint density at radius 3 is 2.47 bits per heavy atom. The fraction of sp³-hybridized carbons (Fsp3) is 0.143. The normalized spacial score (nSPS) is 10.5. The molecule has 0 fully saturated rings. The number of nitrogens with zero attached hydrogens (tertiary/aromatic N) is 1. The summed E-state index contributed by atoms with van der Waals surface area (Å²) in [7, 11) is 0. The van der Waals surface area contributed by atoms with Crippen molar-refractivity contribution < 1.29 is 14.7 Å². The van der Waals surface area contributed by atoms with Gasteiger partial charge < -0.3 is 9.67 Å². The van der Waals surface area contributed by atoms with Crippen LogP contribution in [0.1, 0.15) is 33.3 Å². The van der Waals surface area contributed by atoms with Crippen molar-refractivity contribution >= 4 is 23.4 Å². The van der Waals surface area contributed by atoms with Crippen LogP contribution in [0.3, 0.4) is 0 Å². The summed E-state index contributed by atoms with van der Waals surface area (Å²) in [4.78, 5) is 22.6.